The molecule has 0 aromatic rings. The van der Waals surface area contributed by atoms with Crippen LogP contribution in [-0.4, -0.2) is 46.8 Å². The minimum Gasteiger partial charge on any atom is -0.390 e. The SMILES string of the molecule is C=C1[C@@H]2CC[C@]3(CC[C@H]4[C@@]5(C)CCC[C@@]4(C=[N+](CCO)C5)[C@@H]3C2)[C@@H]1O. The second-order valence-electron chi connectivity index (χ2n) is 10.3. The highest BCUT2D eigenvalue weighted by atomic mass is 16.3. The Balaban J connectivity index is 1.65. The molecule has 25 heavy (non-hydrogen) atoms. The van der Waals surface area contributed by atoms with E-state index < -0.39 is 0 Å². The first-order chi connectivity index (χ1) is 12.0. The van der Waals surface area contributed by atoms with Gasteiger partial charge in [-0.25, -0.2) is 4.58 Å². The Kier molecular flexibility index (Phi) is 3.43. The number of fused-ring (bicyclic) bond motifs is 2. The zero-order valence-corrected chi connectivity index (χ0v) is 15.7. The Hall–Kier alpha value is -0.670. The standard InChI is InChI=1S/C22H34NO2/c1-15-16-4-8-21(19(15)25)9-5-17-20(2)6-3-7-22(17,18(21)12-16)14-23(13-20)10-11-24/h14,16-19,24-25H,1,3-13H2,2H3/q+1/t16-,17+,18-,19-,20+,21-,22+/m1/s1. The average molecular weight is 345 g/mol. The van der Waals surface area contributed by atoms with Gasteiger partial charge < -0.3 is 10.2 Å². The third-order valence-corrected chi connectivity index (χ3v) is 9.36. The van der Waals surface area contributed by atoms with Gasteiger partial charge in [0.15, 0.2) is 6.54 Å². The highest BCUT2D eigenvalue weighted by Crippen LogP contribution is 2.72. The largest absolute Gasteiger partial charge is 0.390 e. The van der Waals surface area contributed by atoms with Crippen molar-refractivity contribution in [2.75, 3.05) is 19.7 Å². The van der Waals surface area contributed by atoms with Crippen LogP contribution in [0.1, 0.15) is 58.3 Å². The van der Waals surface area contributed by atoms with Crippen molar-refractivity contribution in [2.45, 2.75) is 64.4 Å². The van der Waals surface area contributed by atoms with E-state index in [9.17, 15) is 10.2 Å². The van der Waals surface area contributed by atoms with E-state index in [2.05, 4.69) is 24.3 Å². The van der Waals surface area contributed by atoms with E-state index in [4.69, 9.17) is 0 Å². The molecule has 6 aliphatic rings. The van der Waals surface area contributed by atoms with Crippen molar-refractivity contribution in [3.05, 3.63) is 12.2 Å². The van der Waals surface area contributed by atoms with Crippen molar-refractivity contribution >= 4 is 6.21 Å². The summed E-state index contributed by atoms with van der Waals surface area (Å²) < 4.78 is 2.44. The number of aliphatic hydroxyl groups excluding tert-OH is 2. The molecule has 0 amide bonds. The zero-order valence-electron chi connectivity index (χ0n) is 15.7. The van der Waals surface area contributed by atoms with E-state index in [1.807, 2.05) is 0 Å². The summed E-state index contributed by atoms with van der Waals surface area (Å²) in [5.74, 6) is 1.91. The number of nitrogens with zero attached hydrogens (tertiary/aromatic N) is 1. The van der Waals surface area contributed by atoms with Crippen molar-refractivity contribution in [1.29, 1.82) is 0 Å². The summed E-state index contributed by atoms with van der Waals surface area (Å²) in [4.78, 5) is 0. The fourth-order valence-electron chi connectivity index (χ4n) is 8.50. The summed E-state index contributed by atoms with van der Waals surface area (Å²) in [7, 11) is 0. The Morgan fingerprint density at radius 3 is 2.80 bits per heavy atom. The lowest BCUT2D eigenvalue weighted by atomic mass is 9.35. The fraction of sp³-hybridized carbons (Fsp3) is 0.864. The first-order valence-corrected chi connectivity index (χ1v) is 10.5. The van der Waals surface area contributed by atoms with Gasteiger partial charge >= 0.3 is 0 Å². The molecule has 1 heterocycles. The van der Waals surface area contributed by atoms with Gasteiger partial charge in [-0.2, -0.15) is 0 Å². The van der Waals surface area contributed by atoms with E-state index >= 15 is 0 Å². The highest BCUT2D eigenvalue weighted by molar-refractivity contribution is 5.65. The van der Waals surface area contributed by atoms with E-state index in [-0.39, 0.29) is 23.5 Å². The molecule has 6 rings (SSSR count). The molecule has 0 aromatic carbocycles. The van der Waals surface area contributed by atoms with Gasteiger partial charge in [-0.1, -0.05) is 19.9 Å². The average Bonchev–Trinajstić information content (AvgIpc) is 2.58. The van der Waals surface area contributed by atoms with E-state index in [0.717, 1.165) is 24.6 Å². The zero-order chi connectivity index (χ0) is 17.4. The molecule has 4 bridgehead atoms. The molecule has 2 N–H and O–H groups in total. The van der Waals surface area contributed by atoms with Crippen molar-refractivity contribution in [1.82, 2.24) is 0 Å². The van der Waals surface area contributed by atoms with E-state index in [1.54, 1.807) is 0 Å². The smallest absolute Gasteiger partial charge is 0.165 e. The Labute approximate surface area is 151 Å². The van der Waals surface area contributed by atoms with Crippen LogP contribution in [0.4, 0.5) is 0 Å². The van der Waals surface area contributed by atoms with Gasteiger partial charge in [-0.15, -0.1) is 0 Å². The maximum absolute atomic E-state index is 11.2. The maximum Gasteiger partial charge on any atom is 0.165 e. The van der Waals surface area contributed by atoms with Crippen molar-refractivity contribution in [2.24, 2.45) is 34.0 Å². The lowest BCUT2D eigenvalue weighted by Crippen LogP contribution is -2.68. The molecule has 0 aromatic heterocycles. The highest BCUT2D eigenvalue weighted by Gasteiger charge is 2.70. The van der Waals surface area contributed by atoms with E-state index in [0.29, 0.717) is 17.3 Å². The van der Waals surface area contributed by atoms with Gasteiger partial charge in [0.05, 0.1) is 11.5 Å². The van der Waals surface area contributed by atoms with Gasteiger partial charge in [-0.05, 0) is 68.3 Å². The molecule has 0 saturated heterocycles. The molecule has 3 nitrogen and oxygen atoms in total. The number of hydrogen-bond donors (Lipinski definition) is 2. The van der Waals surface area contributed by atoms with Gasteiger partial charge in [0.25, 0.3) is 0 Å². The molecular weight excluding hydrogens is 310 g/mol. The van der Waals surface area contributed by atoms with Crippen LogP contribution in [0, 0.1) is 34.0 Å². The molecule has 1 spiro atoms. The van der Waals surface area contributed by atoms with Crippen LogP contribution in [0.15, 0.2) is 12.2 Å². The number of β-amino-alcohol motifs (C(OH)–C–C–N with tert-alkyl or cyclic N) is 1. The van der Waals surface area contributed by atoms with E-state index in [1.165, 1.54) is 51.4 Å². The van der Waals surface area contributed by atoms with Gasteiger partial charge in [-0.3, -0.25) is 0 Å². The van der Waals surface area contributed by atoms with Crippen LogP contribution < -0.4 is 0 Å². The van der Waals surface area contributed by atoms with Gasteiger partial charge in [0.2, 0.25) is 0 Å². The summed E-state index contributed by atoms with van der Waals surface area (Å²) in [6.45, 7) is 8.93. The molecule has 138 valence electrons. The van der Waals surface area contributed by atoms with Crippen LogP contribution in [0.3, 0.4) is 0 Å². The first-order valence-electron chi connectivity index (χ1n) is 10.5. The normalized spacial score (nSPS) is 53.9. The predicted octanol–water partition coefficient (Wildman–Crippen LogP) is 3.00. The summed E-state index contributed by atoms with van der Waals surface area (Å²) >= 11 is 0. The Morgan fingerprint density at radius 1 is 1.20 bits per heavy atom. The third-order valence-electron chi connectivity index (χ3n) is 9.36. The lowest BCUT2D eigenvalue weighted by Gasteiger charge is -2.68. The minimum atomic E-state index is -0.282. The minimum absolute atomic E-state index is 0.0826. The summed E-state index contributed by atoms with van der Waals surface area (Å²) in [6, 6.07) is 0. The van der Waals surface area contributed by atoms with Crippen molar-refractivity contribution in [3.8, 4) is 0 Å². The molecule has 7 atom stereocenters. The van der Waals surface area contributed by atoms with Crippen LogP contribution in [0.25, 0.3) is 0 Å². The summed E-state index contributed by atoms with van der Waals surface area (Å²) in [6.07, 6.45) is 12.4. The maximum atomic E-state index is 11.2. The molecule has 5 fully saturated rings. The molecule has 5 saturated carbocycles. The van der Waals surface area contributed by atoms with Gasteiger partial charge in [0.1, 0.15) is 19.4 Å². The summed E-state index contributed by atoms with van der Waals surface area (Å²) in [5.41, 5.74) is 1.85. The van der Waals surface area contributed by atoms with Crippen LogP contribution in [-0.2, 0) is 0 Å². The monoisotopic (exact) mass is 344 g/mol. The third kappa shape index (κ3) is 1.92. The Bertz CT molecular complexity index is 642. The Morgan fingerprint density at radius 2 is 2.00 bits per heavy atom. The van der Waals surface area contributed by atoms with Crippen molar-refractivity contribution < 1.29 is 14.8 Å². The molecule has 5 aliphatic carbocycles. The number of rotatable bonds is 2. The topological polar surface area (TPSA) is 43.5 Å². The van der Waals surface area contributed by atoms with Crippen LogP contribution in [0.5, 0.6) is 0 Å². The second-order valence-corrected chi connectivity index (χ2v) is 10.3. The predicted molar refractivity (Wildman–Crippen MR) is 98.7 cm³/mol. The molecule has 1 aliphatic heterocycles. The number of aliphatic hydroxyl groups is 2. The molecule has 0 radical (unpaired) electrons. The van der Waals surface area contributed by atoms with Crippen molar-refractivity contribution in [3.63, 3.8) is 0 Å². The van der Waals surface area contributed by atoms with Gasteiger partial charge in [0, 0.05) is 10.8 Å². The molecule has 0 unspecified atom stereocenters. The van der Waals surface area contributed by atoms with Crippen LogP contribution >= 0.6 is 0 Å². The number of hydrogen-bond acceptors (Lipinski definition) is 2. The quantitative estimate of drug-likeness (QED) is 0.597. The molecular formula is C22H34NO2+. The summed E-state index contributed by atoms with van der Waals surface area (Å²) in [5, 5.41) is 20.8. The first kappa shape index (κ1) is 16.5. The van der Waals surface area contributed by atoms with Crippen LogP contribution in [0.2, 0.25) is 0 Å². The second kappa shape index (κ2) is 5.19. The fourth-order valence-corrected chi connectivity index (χ4v) is 8.50. The molecule has 3 heteroatoms. The lowest BCUT2D eigenvalue weighted by molar-refractivity contribution is -0.560.